The standard InChI is InChI=1S/C16H26ClNO/c1-5-18(6-2)9-7-8-10-19-16-13(3)11-15(17)12-14(16)4/h11-12H,5-10H2,1-4H3/p+1. The minimum absolute atomic E-state index is 0.785. The van der Waals surface area contributed by atoms with E-state index in [1.54, 1.807) is 4.90 Å². The van der Waals surface area contributed by atoms with Gasteiger partial charge in [0.2, 0.25) is 0 Å². The molecule has 0 aromatic heterocycles. The average molecular weight is 285 g/mol. The van der Waals surface area contributed by atoms with Crippen LogP contribution in [0.15, 0.2) is 12.1 Å². The van der Waals surface area contributed by atoms with E-state index >= 15 is 0 Å². The maximum Gasteiger partial charge on any atom is 0.125 e. The molecular formula is C16H27ClNO+. The highest BCUT2D eigenvalue weighted by Gasteiger charge is 2.06. The van der Waals surface area contributed by atoms with Crippen LogP contribution in [-0.4, -0.2) is 26.2 Å². The van der Waals surface area contributed by atoms with E-state index in [0.29, 0.717) is 0 Å². The fourth-order valence-corrected chi connectivity index (χ4v) is 2.71. The lowest BCUT2D eigenvalue weighted by Crippen LogP contribution is -3.11. The molecule has 0 heterocycles. The van der Waals surface area contributed by atoms with Crippen molar-refractivity contribution in [2.24, 2.45) is 0 Å². The summed E-state index contributed by atoms with van der Waals surface area (Å²) in [5.74, 6) is 1.000. The second kappa shape index (κ2) is 8.44. The van der Waals surface area contributed by atoms with Crippen molar-refractivity contribution in [1.29, 1.82) is 0 Å². The molecule has 0 bridgehead atoms. The van der Waals surface area contributed by atoms with Gasteiger partial charge in [-0.25, -0.2) is 0 Å². The van der Waals surface area contributed by atoms with Gasteiger partial charge in [-0.3, -0.25) is 0 Å². The van der Waals surface area contributed by atoms with Gasteiger partial charge >= 0.3 is 0 Å². The monoisotopic (exact) mass is 284 g/mol. The van der Waals surface area contributed by atoms with Gasteiger partial charge in [-0.2, -0.15) is 0 Å². The molecule has 1 N–H and O–H groups in total. The summed E-state index contributed by atoms with van der Waals surface area (Å²) in [5.41, 5.74) is 2.25. The van der Waals surface area contributed by atoms with Gasteiger partial charge in [-0.15, -0.1) is 0 Å². The summed E-state index contributed by atoms with van der Waals surface area (Å²) in [6.07, 6.45) is 2.34. The first-order valence-electron chi connectivity index (χ1n) is 7.31. The van der Waals surface area contributed by atoms with Crippen molar-refractivity contribution >= 4 is 11.6 Å². The molecule has 0 fully saturated rings. The van der Waals surface area contributed by atoms with E-state index in [1.807, 2.05) is 26.0 Å². The fraction of sp³-hybridized carbons (Fsp3) is 0.625. The number of aryl methyl sites for hydroxylation is 2. The lowest BCUT2D eigenvalue weighted by molar-refractivity contribution is -0.896. The van der Waals surface area contributed by atoms with Crippen molar-refractivity contribution in [2.75, 3.05) is 26.2 Å². The summed E-state index contributed by atoms with van der Waals surface area (Å²) in [5, 5.41) is 0.785. The van der Waals surface area contributed by atoms with E-state index in [9.17, 15) is 0 Å². The molecule has 0 atom stereocenters. The number of halogens is 1. The van der Waals surface area contributed by atoms with Crippen molar-refractivity contribution < 1.29 is 9.64 Å². The largest absolute Gasteiger partial charge is 0.493 e. The topological polar surface area (TPSA) is 13.7 Å². The molecule has 0 aliphatic rings. The van der Waals surface area contributed by atoms with Gasteiger partial charge in [-0.05, 0) is 63.8 Å². The Morgan fingerprint density at radius 1 is 1.05 bits per heavy atom. The Kier molecular flexibility index (Phi) is 7.25. The van der Waals surface area contributed by atoms with E-state index in [4.69, 9.17) is 16.3 Å². The number of hydrogen-bond acceptors (Lipinski definition) is 1. The van der Waals surface area contributed by atoms with Crippen LogP contribution in [0.5, 0.6) is 5.75 Å². The maximum absolute atomic E-state index is 6.01. The third-order valence-corrected chi connectivity index (χ3v) is 3.81. The summed E-state index contributed by atoms with van der Waals surface area (Å²) in [4.78, 5) is 1.67. The van der Waals surface area contributed by atoms with Crippen molar-refractivity contribution in [2.45, 2.75) is 40.5 Å². The third-order valence-electron chi connectivity index (χ3n) is 3.60. The van der Waals surface area contributed by atoms with E-state index in [-0.39, 0.29) is 0 Å². The number of unbranched alkanes of at least 4 members (excludes halogenated alkanes) is 1. The molecule has 3 heteroatoms. The van der Waals surface area contributed by atoms with Crippen LogP contribution < -0.4 is 9.64 Å². The minimum Gasteiger partial charge on any atom is -0.493 e. The maximum atomic E-state index is 6.01. The number of benzene rings is 1. The average Bonchev–Trinajstić information content (AvgIpc) is 2.36. The number of rotatable bonds is 8. The molecule has 19 heavy (non-hydrogen) atoms. The Bertz CT molecular complexity index is 365. The molecule has 1 aromatic carbocycles. The van der Waals surface area contributed by atoms with Crippen LogP contribution in [0.3, 0.4) is 0 Å². The lowest BCUT2D eigenvalue weighted by atomic mass is 10.1. The molecule has 0 saturated heterocycles. The molecule has 2 nitrogen and oxygen atoms in total. The van der Waals surface area contributed by atoms with E-state index in [1.165, 1.54) is 26.1 Å². The SMILES string of the molecule is CC[NH+](CC)CCCCOc1c(C)cc(Cl)cc1C. The lowest BCUT2D eigenvalue weighted by Gasteiger charge is -2.16. The predicted molar refractivity (Wildman–Crippen MR) is 82.6 cm³/mol. The smallest absolute Gasteiger partial charge is 0.125 e. The molecule has 0 aliphatic heterocycles. The minimum atomic E-state index is 0.785. The van der Waals surface area contributed by atoms with Crippen molar-refractivity contribution in [3.8, 4) is 5.75 Å². The van der Waals surface area contributed by atoms with E-state index in [2.05, 4.69) is 13.8 Å². The number of hydrogen-bond donors (Lipinski definition) is 1. The predicted octanol–water partition coefficient (Wildman–Crippen LogP) is 3.04. The second-order valence-electron chi connectivity index (χ2n) is 5.13. The molecule has 0 unspecified atom stereocenters. The zero-order valence-electron chi connectivity index (χ0n) is 12.7. The van der Waals surface area contributed by atoms with Crippen LogP contribution in [0.2, 0.25) is 5.02 Å². The quantitative estimate of drug-likeness (QED) is 0.725. The highest BCUT2D eigenvalue weighted by atomic mass is 35.5. The first-order chi connectivity index (χ1) is 9.08. The molecule has 108 valence electrons. The van der Waals surface area contributed by atoms with Crippen LogP contribution in [-0.2, 0) is 0 Å². The summed E-state index contributed by atoms with van der Waals surface area (Å²) >= 11 is 6.01. The van der Waals surface area contributed by atoms with Crippen LogP contribution in [0.4, 0.5) is 0 Å². The van der Waals surface area contributed by atoms with Gasteiger partial charge in [0.15, 0.2) is 0 Å². The Morgan fingerprint density at radius 2 is 1.63 bits per heavy atom. The van der Waals surface area contributed by atoms with E-state index in [0.717, 1.165) is 34.9 Å². The molecule has 1 aromatic rings. The fourth-order valence-electron chi connectivity index (χ4n) is 2.38. The summed E-state index contributed by atoms with van der Waals surface area (Å²) in [7, 11) is 0. The number of ether oxygens (including phenoxy) is 1. The normalized spacial score (nSPS) is 11.1. The Morgan fingerprint density at radius 3 is 2.16 bits per heavy atom. The summed E-state index contributed by atoms with van der Waals surface area (Å²) in [6.45, 7) is 13.1. The number of nitrogens with one attached hydrogen (secondary N) is 1. The van der Waals surface area contributed by atoms with Gasteiger partial charge in [0.25, 0.3) is 0 Å². The van der Waals surface area contributed by atoms with Crippen LogP contribution in [0.1, 0.15) is 37.8 Å². The molecule has 0 radical (unpaired) electrons. The van der Waals surface area contributed by atoms with Gasteiger partial charge < -0.3 is 9.64 Å². The third kappa shape index (κ3) is 5.42. The van der Waals surface area contributed by atoms with Gasteiger partial charge in [0.05, 0.1) is 26.2 Å². The van der Waals surface area contributed by atoms with Crippen molar-refractivity contribution in [1.82, 2.24) is 0 Å². The first-order valence-corrected chi connectivity index (χ1v) is 7.69. The van der Waals surface area contributed by atoms with Crippen LogP contribution in [0, 0.1) is 13.8 Å². The van der Waals surface area contributed by atoms with Crippen molar-refractivity contribution in [3.05, 3.63) is 28.3 Å². The molecule has 0 aliphatic carbocycles. The molecule has 0 spiro atoms. The molecule has 1 rings (SSSR count). The second-order valence-corrected chi connectivity index (χ2v) is 5.57. The number of quaternary nitrogens is 1. The molecular weight excluding hydrogens is 258 g/mol. The first kappa shape index (κ1) is 16.3. The Hall–Kier alpha value is -0.730. The highest BCUT2D eigenvalue weighted by molar-refractivity contribution is 6.30. The van der Waals surface area contributed by atoms with Crippen LogP contribution >= 0.6 is 11.6 Å². The Labute approximate surface area is 122 Å². The van der Waals surface area contributed by atoms with Crippen molar-refractivity contribution in [3.63, 3.8) is 0 Å². The molecule has 0 amide bonds. The molecule has 0 saturated carbocycles. The van der Waals surface area contributed by atoms with Gasteiger partial charge in [-0.1, -0.05) is 11.6 Å². The highest BCUT2D eigenvalue weighted by Crippen LogP contribution is 2.27. The Balaban J connectivity index is 2.34. The van der Waals surface area contributed by atoms with Gasteiger partial charge in [0.1, 0.15) is 5.75 Å². The van der Waals surface area contributed by atoms with Crippen LogP contribution in [0.25, 0.3) is 0 Å². The van der Waals surface area contributed by atoms with Gasteiger partial charge in [0, 0.05) is 5.02 Å². The van der Waals surface area contributed by atoms with E-state index < -0.39 is 0 Å². The summed E-state index contributed by atoms with van der Waals surface area (Å²) < 4.78 is 5.90. The zero-order chi connectivity index (χ0) is 14.3. The summed E-state index contributed by atoms with van der Waals surface area (Å²) in [6, 6.07) is 3.92. The zero-order valence-corrected chi connectivity index (χ0v) is 13.4.